The summed E-state index contributed by atoms with van der Waals surface area (Å²) in [6.07, 6.45) is 0. The van der Waals surface area contributed by atoms with Gasteiger partial charge < -0.3 is 14.2 Å². The smallest absolute Gasteiger partial charge is 0.246 e. The van der Waals surface area contributed by atoms with Gasteiger partial charge in [-0.1, -0.05) is 37.2 Å². The summed E-state index contributed by atoms with van der Waals surface area (Å²) in [6, 6.07) is 7.43. The zero-order valence-electron chi connectivity index (χ0n) is 15.8. The number of para-hydroxylation sites is 1. The van der Waals surface area contributed by atoms with Crippen molar-refractivity contribution in [2.75, 3.05) is 26.2 Å². The first-order valence-electron chi connectivity index (χ1n) is 8.74. The predicted molar refractivity (Wildman–Crippen MR) is 99.7 cm³/mol. The van der Waals surface area contributed by atoms with Crippen molar-refractivity contribution >= 4 is 10.0 Å². The minimum Gasteiger partial charge on any atom is -0.492 e. The Bertz CT molecular complexity index is 794. The Hall–Kier alpha value is -1.90. The highest BCUT2D eigenvalue weighted by Crippen LogP contribution is 2.21. The van der Waals surface area contributed by atoms with Crippen LogP contribution in [0.15, 0.2) is 33.7 Å². The van der Waals surface area contributed by atoms with Crippen molar-refractivity contribution in [3.63, 3.8) is 0 Å². The van der Waals surface area contributed by atoms with Gasteiger partial charge in [-0.05, 0) is 33.0 Å². The van der Waals surface area contributed by atoms with E-state index in [0.717, 1.165) is 25.2 Å². The highest BCUT2D eigenvalue weighted by molar-refractivity contribution is 7.89. The predicted octanol–water partition coefficient (Wildman–Crippen LogP) is 2.49. The van der Waals surface area contributed by atoms with Crippen molar-refractivity contribution in [2.24, 2.45) is 0 Å². The fourth-order valence-electron chi connectivity index (χ4n) is 2.72. The number of nitrogens with one attached hydrogen (secondary N) is 1. The first-order valence-corrected chi connectivity index (χ1v) is 10.2. The van der Waals surface area contributed by atoms with E-state index in [1.54, 1.807) is 13.8 Å². The zero-order chi connectivity index (χ0) is 19.2. The van der Waals surface area contributed by atoms with E-state index in [4.69, 9.17) is 9.26 Å². The normalized spacial score (nSPS) is 11.9. The molecular formula is C18H27N3O4S. The van der Waals surface area contributed by atoms with Crippen LogP contribution >= 0.6 is 0 Å². The number of hydrogen-bond acceptors (Lipinski definition) is 6. The molecule has 8 heteroatoms. The fourth-order valence-corrected chi connectivity index (χ4v) is 4.05. The number of hydrogen-bond donors (Lipinski definition) is 1. The summed E-state index contributed by atoms with van der Waals surface area (Å²) in [5.41, 5.74) is 1.13. The van der Waals surface area contributed by atoms with Gasteiger partial charge >= 0.3 is 0 Å². The van der Waals surface area contributed by atoms with Crippen LogP contribution in [-0.2, 0) is 16.6 Å². The van der Waals surface area contributed by atoms with Crippen LogP contribution in [0.3, 0.4) is 0 Å². The van der Waals surface area contributed by atoms with E-state index in [2.05, 4.69) is 28.6 Å². The molecule has 144 valence electrons. The van der Waals surface area contributed by atoms with Crippen molar-refractivity contribution in [2.45, 2.75) is 39.1 Å². The number of nitrogens with zero attached hydrogens (tertiary/aromatic N) is 2. The molecule has 0 saturated carbocycles. The van der Waals surface area contributed by atoms with Crippen molar-refractivity contribution in [1.29, 1.82) is 0 Å². The van der Waals surface area contributed by atoms with Gasteiger partial charge in [0.25, 0.3) is 0 Å². The van der Waals surface area contributed by atoms with E-state index >= 15 is 0 Å². The molecule has 0 spiro atoms. The Morgan fingerprint density at radius 1 is 1.19 bits per heavy atom. The fraction of sp³-hybridized carbons (Fsp3) is 0.500. The standard InChI is InChI=1S/C18H27N3O4S/c1-5-21(6-2)11-12-24-17-10-8-7-9-16(17)13-19-26(22,23)18-14(3)20-25-15(18)4/h7-10,19H,5-6,11-13H2,1-4H3. The summed E-state index contributed by atoms with van der Waals surface area (Å²) >= 11 is 0. The summed E-state index contributed by atoms with van der Waals surface area (Å²) < 4.78 is 38.5. The Kier molecular flexibility index (Phi) is 7.19. The minimum absolute atomic E-state index is 0.0948. The number of sulfonamides is 1. The molecule has 0 fully saturated rings. The summed E-state index contributed by atoms with van der Waals surface area (Å²) in [7, 11) is -3.71. The molecule has 0 radical (unpaired) electrons. The number of aromatic nitrogens is 1. The van der Waals surface area contributed by atoms with Crippen LogP contribution in [0.25, 0.3) is 0 Å². The number of benzene rings is 1. The zero-order valence-corrected chi connectivity index (χ0v) is 16.6. The van der Waals surface area contributed by atoms with Crippen LogP contribution in [0, 0.1) is 13.8 Å². The van der Waals surface area contributed by atoms with E-state index in [1.165, 1.54) is 0 Å². The molecule has 0 amide bonds. The summed E-state index contributed by atoms with van der Waals surface area (Å²) in [5.74, 6) is 0.958. The number of aryl methyl sites for hydroxylation is 2. The van der Waals surface area contributed by atoms with Gasteiger partial charge in [0.15, 0.2) is 5.76 Å². The maximum absolute atomic E-state index is 12.5. The van der Waals surface area contributed by atoms with Gasteiger partial charge in [0.05, 0.1) is 0 Å². The lowest BCUT2D eigenvalue weighted by Gasteiger charge is -2.19. The lowest BCUT2D eigenvalue weighted by molar-refractivity contribution is 0.221. The lowest BCUT2D eigenvalue weighted by atomic mass is 10.2. The number of rotatable bonds is 10. The third kappa shape index (κ3) is 5.06. The topological polar surface area (TPSA) is 84.7 Å². The monoisotopic (exact) mass is 381 g/mol. The van der Waals surface area contributed by atoms with Crippen molar-refractivity contribution in [1.82, 2.24) is 14.8 Å². The van der Waals surface area contributed by atoms with Gasteiger partial charge in [-0.2, -0.15) is 0 Å². The molecule has 2 aromatic rings. The highest BCUT2D eigenvalue weighted by atomic mass is 32.2. The van der Waals surface area contributed by atoms with Crippen LogP contribution in [0.5, 0.6) is 5.75 Å². The molecular weight excluding hydrogens is 354 g/mol. The molecule has 0 aliphatic heterocycles. The molecule has 0 saturated heterocycles. The van der Waals surface area contributed by atoms with Gasteiger partial charge in [0.2, 0.25) is 10.0 Å². The van der Waals surface area contributed by atoms with Crippen LogP contribution in [0.2, 0.25) is 0 Å². The first kappa shape index (κ1) is 20.4. The third-order valence-electron chi connectivity index (χ3n) is 4.22. The van der Waals surface area contributed by atoms with E-state index in [0.29, 0.717) is 18.1 Å². The van der Waals surface area contributed by atoms with E-state index in [-0.39, 0.29) is 17.2 Å². The SMILES string of the molecule is CCN(CC)CCOc1ccccc1CNS(=O)(=O)c1c(C)noc1C. The molecule has 0 aliphatic rings. The molecule has 26 heavy (non-hydrogen) atoms. The molecule has 1 aromatic carbocycles. The molecule has 0 unspecified atom stereocenters. The van der Waals surface area contributed by atoms with Crippen LogP contribution in [0.1, 0.15) is 30.9 Å². The molecule has 1 aromatic heterocycles. The maximum atomic E-state index is 12.5. The van der Waals surface area contributed by atoms with Gasteiger partial charge in [0, 0.05) is 18.7 Å². The van der Waals surface area contributed by atoms with Crippen molar-refractivity contribution in [3.05, 3.63) is 41.3 Å². The van der Waals surface area contributed by atoms with Gasteiger partial charge in [-0.3, -0.25) is 0 Å². The third-order valence-corrected chi connectivity index (χ3v) is 5.87. The average Bonchev–Trinajstić information content (AvgIpc) is 2.97. The van der Waals surface area contributed by atoms with E-state index < -0.39 is 10.0 Å². The summed E-state index contributed by atoms with van der Waals surface area (Å²) in [6.45, 7) is 10.9. The highest BCUT2D eigenvalue weighted by Gasteiger charge is 2.24. The molecule has 1 N–H and O–H groups in total. The Balaban J connectivity index is 2.04. The second-order valence-corrected chi connectivity index (χ2v) is 7.66. The molecule has 1 heterocycles. The van der Waals surface area contributed by atoms with Gasteiger partial charge in [0.1, 0.15) is 22.9 Å². The lowest BCUT2D eigenvalue weighted by Crippen LogP contribution is -2.28. The molecule has 2 rings (SSSR count). The molecule has 0 atom stereocenters. The molecule has 0 bridgehead atoms. The van der Waals surface area contributed by atoms with Crippen LogP contribution < -0.4 is 9.46 Å². The molecule has 7 nitrogen and oxygen atoms in total. The number of ether oxygens (including phenoxy) is 1. The second kappa shape index (κ2) is 9.16. The van der Waals surface area contributed by atoms with Gasteiger partial charge in [-0.15, -0.1) is 0 Å². The quantitative estimate of drug-likeness (QED) is 0.681. The van der Waals surface area contributed by atoms with Crippen molar-refractivity contribution in [3.8, 4) is 5.75 Å². The largest absolute Gasteiger partial charge is 0.492 e. The van der Waals surface area contributed by atoms with Crippen molar-refractivity contribution < 1.29 is 17.7 Å². The van der Waals surface area contributed by atoms with Gasteiger partial charge in [-0.25, -0.2) is 13.1 Å². The second-order valence-electron chi connectivity index (χ2n) is 5.96. The first-order chi connectivity index (χ1) is 12.4. The van der Waals surface area contributed by atoms with Crippen LogP contribution in [-0.4, -0.2) is 44.7 Å². The van der Waals surface area contributed by atoms with Crippen LogP contribution in [0.4, 0.5) is 0 Å². The summed E-state index contributed by atoms with van der Waals surface area (Å²) in [4.78, 5) is 2.36. The van der Waals surface area contributed by atoms with E-state index in [9.17, 15) is 8.42 Å². The Morgan fingerprint density at radius 3 is 2.50 bits per heavy atom. The number of likely N-dealkylation sites (N-methyl/N-ethyl adjacent to an activating group) is 1. The molecule has 0 aliphatic carbocycles. The maximum Gasteiger partial charge on any atom is 0.246 e. The average molecular weight is 381 g/mol. The van der Waals surface area contributed by atoms with E-state index in [1.807, 2.05) is 24.3 Å². The Labute approximate surface area is 155 Å². The minimum atomic E-state index is -3.71. The Morgan fingerprint density at radius 2 is 1.88 bits per heavy atom. The summed E-state index contributed by atoms with van der Waals surface area (Å²) in [5, 5.41) is 3.70.